The Morgan fingerprint density at radius 3 is 1.34 bits per heavy atom. The van der Waals surface area contributed by atoms with Gasteiger partial charge in [-0.05, 0) is 60.8 Å². The number of nitrogens with zero attached hydrogens (tertiary/aromatic N) is 2. The van der Waals surface area contributed by atoms with Crippen molar-refractivity contribution in [2.45, 2.75) is 51.6 Å². The zero-order valence-electron chi connectivity index (χ0n) is 21.9. The number of hydrogen-bond acceptors (Lipinski definition) is 8. The van der Waals surface area contributed by atoms with Crippen LogP contribution < -0.4 is 9.13 Å². The van der Waals surface area contributed by atoms with Crippen LogP contribution in [0.5, 0.6) is 0 Å². The number of aryl methyl sites for hydroxylation is 2. The molecule has 0 atom stereocenters. The van der Waals surface area contributed by atoms with Gasteiger partial charge in [0.25, 0.3) is 0 Å². The van der Waals surface area contributed by atoms with Crippen LogP contribution >= 0.6 is 94.1 Å². The van der Waals surface area contributed by atoms with Gasteiger partial charge >= 0.3 is 0 Å². The van der Waals surface area contributed by atoms with Crippen molar-refractivity contribution in [3.05, 3.63) is 74.5 Å². The third kappa shape index (κ3) is 8.20. The van der Waals surface area contributed by atoms with E-state index in [0.717, 1.165) is 13.1 Å². The quantitative estimate of drug-likeness (QED) is 0.292. The highest BCUT2D eigenvalue weighted by Gasteiger charge is 2.30. The average Bonchev–Trinajstić information content (AvgIpc) is 3.56. The maximum absolute atomic E-state index is 2.33. The third-order valence-electron chi connectivity index (χ3n) is 6.32. The molecule has 5 aliphatic heterocycles. The first-order chi connectivity index (χ1) is 18.7. The van der Waals surface area contributed by atoms with Gasteiger partial charge in [-0.1, -0.05) is 47.0 Å². The Kier molecular flexibility index (Phi) is 12.2. The van der Waals surface area contributed by atoms with Gasteiger partial charge in [-0.3, -0.25) is 0 Å². The topological polar surface area (TPSA) is 7.76 Å². The highest BCUT2D eigenvalue weighted by molar-refractivity contribution is 8.45. The van der Waals surface area contributed by atoms with Crippen molar-refractivity contribution in [1.29, 1.82) is 0 Å². The molecule has 0 fully saturated rings. The first-order valence-corrected chi connectivity index (χ1v) is 20.7. The van der Waals surface area contributed by atoms with E-state index in [4.69, 9.17) is 0 Å². The van der Waals surface area contributed by atoms with Gasteiger partial charge in [0.2, 0.25) is 0 Å². The van der Waals surface area contributed by atoms with Crippen LogP contribution in [0.25, 0.3) is 11.1 Å². The molecule has 0 saturated carbocycles. The number of rotatable bonds is 2. The van der Waals surface area contributed by atoms with E-state index in [0.29, 0.717) is 0 Å². The van der Waals surface area contributed by atoms with E-state index in [1.165, 1.54) is 86.6 Å². The molecule has 10 heteroatoms. The molecule has 0 radical (unpaired) electrons. The maximum atomic E-state index is 2.33. The molecule has 0 amide bonds. The van der Waals surface area contributed by atoms with Gasteiger partial charge in [-0.25, -0.2) is 9.13 Å². The minimum absolute atomic E-state index is 1.10. The van der Waals surface area contributed by atoms with E-state index in [2.05, 4.69) is 94.2 Å². The second-order valence-electron chi connectivity index (χ2n) is 9.01. The largest absolute Gasteiger partial charge is 0.205 e. The molecule has 0 saturated heterocycles. The monoisotopic (exact) mass is 654 g/mol. The van der Waals surface area contributed by atoms with E-state index in [9.17, 15) is 0 Å². The Hall–Kier alpha value is 0.320. The fraction of sp³-hybridized carbons (Fsp3) is 0.429. The molecule has 7 heterocycles. The summed E-state index contributed by atoms with van der Waals surface area (Å²) in [4.78, 5) is 0. The van der Waals surface area contributed by atoms with Crippen LogP contribution in [-0.2, 0) is 13.1 Å². The first-order valence-electron chi connectivity index (χ1n) is 13.0. The fourth-order valence-corrected chi connectivity index (χ4v) is 15.5. The highest BCUT2D eigenvalue weighted by Crippen LogP contribution is 2.65. The molecular formula is C28H34N2S8+2. The van der Waals surface area contributed by atoms with Crippen molar-refractivity contribution in [3.63, 3.8) is 0 Å². The molecule has 202 valence electrons. The van der Waals surface area contributed by atoms with Gasteiger partial charge in [0.05, 0.1) is 25.4 Å². The minimum atomic E-state index is 1.10. The molecule has 2 aromatic heterocycles. The molecule has 38 heavy (non-hydrogen) atoms. The summed E-state index contributed by atoms with van der Waals surface area (Å²) in [5, 5.41) is 0. The van der Waals surface area contributed by atoms with Gasteiger partial charge in [0, 0.05) is 37.1 Å². The van der Waals surface area contributed by atoms with Gasteiger partial charge in [-0.2, -0.15) is 0 Å². The standard InChI is InChI=1S/C28H34N2S8/c1-31-23-25-33-19-7-3-5-13-29-15-9-21(10-16-29)22-11-17-30(18-12-22)14-6-4-8-20-34-26-24(32-2)36-28(38-26)27(35-23)37-25/h9-12,15-18H,3-8,13-14,19-20H2,1-2H3/q+2/b28-27+. The van der Waals surface area contributed by atoms with Gasteiger partial charge in [-0.15, -0.1) is 47.0 Å². The van der Waals surface area contributed by atoms with Crippen LogP contribution in [0.1, 0.15) is 38.5 Å². The van der Waals surface area contributed by atoms with Crippen LogP contribution in [0, 0.1) is 0 Å². The Balaban J connectivity index is 1.25. The molecular weight excluding hydrogens is 621 g/mol. The number of aromatic nitrogens is 2. The molecule has 7 rings (SSSR count). The summed E-state index contributed by atoms with van der Waals surface area (Å²) in [5.41, 5.74) is 2.60. The highest BCUT2D eigenvalue weighted by atomic mass is 32.3. The summed E-state index contributed by atoms with van der Waals surface area (Å²) in [5.74, 6) is 2.42. The van der Waals surface area contributed by atoms with E-state index >= 15 is 0 Å². The Labute approximate surface area is 262 Å². The normalized spacial score (nSPS) is 22.1. The van der Waals surface area contributed by atoms with Gasteiger partial charge in [0.1, 0.15) is 13.1 Å². The maximum Gasteiger partial charge on any atom is 0.169 e. The summed E-state index contributed by atoms with van der Waals surface area (Å²) < 4.78 is 13.7. The number of hydrogen-bond donors (Lipinski definition) is 0. The van der Waals surface area contributed by atoms with Gasteiger partial charge < -0.3 is 0 Å². The molecule has 0 aliphatic carbocycles. The van der Waals surface area contributed by atoms with Crippen LogP contribution in [0.15, 0.2) is 74.5 Å². The summed E-state index contributed by atoms with van der Waals surface area (Å²) in [7, 11) is 0. The number of thioether (sulfide) groups is 8. The van der Waals surface area contributed by atoms with E-state index in [-0.39, 0.29) is 0 Å². The van der Waals surface area contributed by atoms with E-state index < -0.39 is 0 Å². The molecule has 2 nitrogen and oxygen atoms in total. The van der Waals surface area contributed by atoms with Crippen molar-refractivity contribution in [1.82, 2.24) is 0 Å². The lowest BCUT2D eigenvalue weighted by Crippen LogP contribution is -2.33. The minimum Gasteiger partial charge on any atom is -0.205 e. The average molecular weight is 655 g/mol. The molecule has 0 aromatic carbocycles. The Morgan fingerprint density at radius 1 is 0.526 bits per heavy atom. The lowest BCUT2D eigenvalue weighted by molar-refractivity contribution is -0.697. The molecule has 8 bridgehead atoms. The van der Waals surface area contributed by atoms with Crippen LogP contribution in [-0.4, -0.2) is 24.0 Å². The van der Waals surface area contributed by atoms with Crippen LogP contribution in [0.4, 0.5) is 0 Å². The lowest BCUT2D eigenvalue weighted by Gasteiger charge is -2.05. The zero-order chi connectivity index (χ0) is 26.2. The summed E-state index contributed by atoms with van der Waals surface area (Å²) in [6.45, 7) is 2.19. The number of pyridine rings is 2. The van der Waals surface area contributed by atoms with Crippen molar-refractivity contribution < 1.29 is 9.13 Å². The van der Waals surface area contributed by atoms with Crippen molar-refractivity contribution in [3.8, 4) is 11.1 Å². The van der Waals surface area contributed by atoms with Crippen molar-refractivity contribution in [2.75, 3.05) is 24.0 Å². The molecule has 0 N–H and O–H groups in total. The predicted octanol–water partition coefficient (Wildman–Crippen LogP) is 9.81. The summed E-state index contributed by atoms with van der Waals surface area (Å²) >= 11 is 16.0. The predicted molar refractivity (Wildman–Crippen MR) is 183 cm³/mol. The van der Waals surface area contributed by atoms with Crippen molar-refractivity contribution in [2.24, 2.45) is 0 Å². The van der Waals surface area contributed by atoms with Crippen molar-refractivity contribution >= 4 is 94.1 Å². The van der Waals surface area contributed by atoms with E-state index in [1.807, 2.05) is 70.6 Å². The number of fused-ring (bicyclic) bond motifs is 2. The smallest absolute Gasteiger partial charge is 0.169 e. The molecule has 2 aromatic rings. The lowest BCUT2D eigenvalue weighted by atomic mass is 10.1. The molecule has 5 aliphatic rings. The van der Waals surface area contributed by atoms with Gasteiger partial charge in [0.15, 0.2) is 24.8 Å². The summed E-state index contributed by atoms with van der Waals surface area (Å²) in [6.07, 6.45) is 21.0. The second-order valence-corrected chi connectivity index (χ2v) is 18.5. The second kappa shape index (κ2) is 15.5. The molecule has 0 unspecified atom stereocenters. The van der Waals surface area contributed by atoms with Crippen LogP contribution in [0.2, 0.25) is 0 Å². The summed E-state index contributed by atoms with van der Waals surface area (Å²) in [6, 6.07) is 9.04. The Bertz CT molecular complexity index is 1090. The third-order valence-corrected chi connectivity index (χ3v) is 17.8. The zero-order valence-corrected chi connectivity index (χ0v) is 28.4. The fourth-order valence-electron chi connectivity index (χ4n) is 4.21. The van der Waals surface area contributed by atoms with E-state index in [1.54, 1.807) is 0 Å². The van der Waals surface area contributed by atoms with Crippen LogP contribution in [0.3, 0.4) is 0 Å². The Morgan fingerprint density at radius 2 is 0.947 bits per heavy atom. The SMILES string of the molecule is CSC1=C2SCCCCC[n+]3ccc(cc3)-c3cc[n+](cc3)CCCCCSC3=C(SC)S/C(=C(/S1)S2)S3. The first kappa shape index (κ1) is 29.8. The molecule has 0 spiro atoms.